The number of hydrogen-bond acceptors (Lipinski definition) is 3. The molecule has 0 spiro atoms. The van der Waals surface area contributed by atoms with Gasteiger partial charge in [-0.15, -0.1) is 0 Å². The minimum atomic E-state index is -0.545. The molecule has 2 heterocycles. The van der Waals surface area contributed by atoms with Gasteiger partial charge in [-0.05, 0) is 5.92 Å². The Morgan fingerprint density at radius 2 is 2.29 bits per heavy atom. The smallest absolute Gasteiger partial charge is 0.240 e. The monoisotopic (exact) mass is 232 g/mol. The van der Waals surface area contributed by atoms with Crippen molar-refractivity contribution >= 4 is 5.91 Å². The van der Waals surface area contributed by atoms with E-state index in [4.69, 9.17) is 5.26 Å². The number of carbonyl (C=O) groups is 1. The largest absolute Gasteiger partial charge is 0.332 e. The first-order valence-corrected chi connectivity index (χ1v) is 5.82. The molecule has 5 nitrogen and oxygen atoms in total. The van der Waals surface area contributed by atoms with Crippen LogP contribution in [0.5, 0.6) is 0 Å². The van der Waals surface area contributed by atoms with Crippen molar-refractivity contribution in [3.8, 4) is 6.07 Å². The maximum Gasteiger partial charge on any atom is 0.240 e. The van der Waals surface area contributed by atoms with E-state index in [-0.39, 0.29) is 11.8 Å². The second-order valence-corrected chi connectivity index (χ2v) is 4.65. The molecule has 1 aromatic heterocycles. The van der Waals surface area contributed by atoms with E-state index in [1.165, 1.54) is 0 Å². The van der Waals surface area contributed by atoms with E-state index in [0.29, 0.717) is 13.1 Å². The van der Waals surface area contributed by atoms with Gasteiger partial charge in [0.05, 0.1) is 12.6 Å². The van der Waals surface area contributed by atoms with Gasteiger partial charge >= 0.3 is 0 Å². The summed E-state index contributed by atoms with van der Waals surface area (Å²) in [5.41, 5.74) is 0. The molecule has 5 heteroatoms. The summed E-state index contributed by atoms with van der Waals surface area (Å²) in [7, 11) is 0. The minimum Gasteiger partial charge on any atom is -0.332 e. The van der Waals surface area contributed by atoms with Gasteiger partial charge in [0, 0.05) is 25.5 Å². The predicted octanol–water partition coefficient (Wildman–Crippen LogP) is 1.02. The van der Waals surface area contributed by atoms with Crippen LogP contribution in [0.15, 0.2) is 12.4 Å². The molecule has 1 unspecified atom stereocenters. The molecule has 0 aliphatic carbocycles. The number of fused-ring (bicyclic) bond motifs is 1. The molecule has 1 aliphatic rings. The molecular weight excluding hydrogens is 216 g/mol. The molecule has 1 atom stereocenters. The number of amides is 1. The van der Waals surface area contributed by atoms with E-state index in [2.05, 4.69) is 11.1 Å². The summed E-state index contributed by atoms with van der Waals surface area (Å²) in [4.78, 5) is 18.1. The Kier molecular flexibility index (Phi) is 3.14. The van der Waals surface area contributed by atoms with Gasteiger partial charge in [-0.3, -0.25) is 4.79 Å². The SMILES string of the molecule is CC(C)C(C#N)C(=O)N1CCn2ccnc2C1. The van der Waals surface area contributed by atoms with Gasteiger partial charge in [0.1, 0.15) is 11.7 Å². The highest BCUT2D eigenvalue weighted by atomic mass is 16.2. The van der Waals surface area contributed by atoms with Crippen molar-refractivity contribution in [2.45, 2.75) is 26.9 Å². The zero-order valence-corrected chi connectivity index (χ0v) is 10.1. The predicted molar refractivity (Wildman–Crippen MR) is 61.6 cm³/mol. The summed E-state index contributed by atoms with van der Waals surface area (Å²) in [6.45, 7) is 5.73. The fourth-order valence-corrected chi connectivity index (χ4v) is 2.05. The van der Waals surface area contributed by atoms with Gasteiger partial charge in [0.2, 0.25) is 5.91 Å². The molecule has 0 saturated heterocycles. The number of hydrogen-bond donors (Lipinski definition) is 0. The molecule has 0 fully saturated rings. The van der Waals surface area contributed by atoms with E-state index >= 15 is 0 Å². The van der Waals surface area contributed by atoms with Gasteiger partial charge in [-0.25, -0.2) is 4.98 Å². The third kappa shape index (κ3) is 2.16. The minimum absolute atomic E-state index is 0.0502. The van der Waals surface area contributed by atoms with Crippen molar-refractivity contribution < 1.29 is 4.79 Å². The van der Waals surface area contributed by atoms with Crippen LogP contribution in [0, 0.1) is 23.2 Å². The Labute approximate surface area is 101 Å². The van der Waals surface area contributed by atoms with Gasteiger partial charge in [-0.2, -0.15) is 5.26 Å². The van der Waals surface area contributed by atoms with Crippen LogP contribution in [0.4, 0.5) is 0 Å². The average Bonchev–Trinajstić information content (AvgIpc) is 2.75. The molecule has 2 rings (SSSR count). The highest BCUT2D eigenvalue weighted by molar-refractivity contribution is 5.81. The topological polar surface area (TPSA) is 61.9 Å². The summed E-state index contributed by atoms with van der Waals surface area (Å²) < 4.78 is 2.04. The molecule has 1 amide bonds. The Hall–Kier alpha value is -1.83. The molecule has 0 bridgehead atoms. The van der Waals surface area contributed by atoms with Crippen LogP contribution in [0.3, 0.4) is 0 Å². The van der Waals surface area contributed by atoms with Crippen LogP contribution in [0.2, 0.25) is 0 Å². The standard InChI is InChI=1S/C12H16N4O/c1-9(2)10(7-13)12(17)16-6-5-15-4-3-14-11(15)8-16/h3-4,9-10H,5-6,8H2,1-2H3. The third-order valence-corrected chi connectivity index (χ3v) is 3.13. The van der Waals surface area contributed by atoms with Crippen LogP contribution in [-0.4, -0.2) is 26.9 Å². The first-order valence-electron chi connectivity index (χ1n) is 5.82. The van der Waals surface area contributed by atoms with Crippen molar-refractivity contribution in [1.82, 2.24) is 14.5 Å². The number of nitriles is 1. The molecule has 0 radical (unpaired) electrons. The van der Waals surface area contributed by atoms with E-state index < -0.39 is 5.92 Å². The van der Waals surface area contributed by atoms with Gasteiger partial charge < -0.3 is 9.47 Å². The highest BCUT2D eigenvalue weighted by Gasteiger charge is 2.29. The maximum atomic E-state index is 12.2. The lowest BCUT2D eigenvalue weighted by molar-refractivity contribution is -0.136. The number of aromatic nitrogens is 2. The van der Waals surface area contributed by atoms with Crippen molar-refractivity contribution in [1.29, 1.82) is 5.26 Å². The Morgan fingerprint density at radius 3 is 2.94 bits per heavy atom. The van der Waals surface area contributed by atoms with E-state index in [9.17, 15) is 4.79 Å². The third-order valence-electron chi connectivity index (χ3n) is 3.13. The quantitative estimate of drug-likeness (QED) is 0.764. The zero-order valence-electron chi connectivity index (χ0n) is 10.1. The maximum absolute atomic E-state index is 12.2. The van der Waals surface area contributed by atoms with Crippen LogP contribution in [0.1, 0.15) is 19.7 Å². The highest BCUT2D eigenvalue weighted by Crippen LogP contribution is 2.17. The number of rotatable bonds is 2. The average molecular weight is 232 g/mol. The number of nitrogens with zero attached hydrogens (tertiary/aromatic N) is 4. The lowest BCUT2D eigenvalue weighted by Gasteiger charge is -2.30. The molecule has 0 N–H and O–H groups in total. The van der Waals surface area contributed by atoms with Crippen molar-refractivity contribution in [3.63, 3.8) is 0 Å². The second-order valence-electron chi connectivity index (χ2n) is 4.65. The van der Waals surface area contributed by atoms with Gasteiger partial charge in [-0.1, -0.05) is 13.8 Å². The van der Waals surface area contributed by atoms with Gasteiger partial charge in [0.25, 0.3) is 0 Å². The Balaban J connectivity index is 2.11. The molecule has 90 valence electrons. The lowest BCUT2D eigenvalue weighted by atomic mass is 9.96. The summed E-state index contributed by atoms with van der Waals surface area (Å²) in [6.07, 6.45) is 3.66. The normalized spacial score (nSPS) is 16.5. The summed E-state index contributed by atoms with van der Waals surface area (Å²) in [6, 6.07) is 2.10. The zero-order chi connectivity index (χ0) is 12.4. The van der Waals surface area contributed by atoms with Crippen molar-refractivity contribution in [3.05, 3.63) is 18.2 Å². The summed E-state index contributed by atoms with van der Waals surface area (Å²) >= 11 is 0. The summed E-state index contributed by atoms with van der Waals surface area (Å²) in [5.74, 6) is 0.326. The Morgan fingerprint density at radius 1 is 1.53 bits per heavy atom. The van der Waals surface area contributed by atoms with Crippen LogP contribution in [0.25, 0.3) is 0 Å². The van der Waals surface area contributed by atoms with E-state index in [0.717, 1.165) is 12.4 Å². The van der Waals surface area contributed by atoms with Crippen LogP contribution in [-0.2, 0) is 17.9 Å². The number of carbonyl (C=O) groups excluding carboxylic acids is 1. The Bertz CT molecular complexity index is 457. The van der Waals surface area contributed by atoms with Crippen LogP contribution >= 0.6 is 0 Å². The van der Waals surface area contributed by atoms with Crippen molar-refractivity contribution in [2.75, 3.05) is 6.54 Å². The fraction of sp³-hybridized carbons (Fsp3) is 0.583. The first-order chi connectivity index (χ1) is 8.13. The van der Waals surface area contributed by atoms with Crippen LogP contribution < -0.4 is 0 Å². The fourth-order valence-electron chi connectivity index (χ4n) is 2.05. The second kappa shape index (κ2) is 4.58. The lowest BCUT2D eigenvalue weighted by Crippen LogP contribution is -2.42. The number of imidazole rings is 1. The van der Waals surface area contributed by atoms with E-state index in [1.54, 1.807) is 11.1 Å². The molecule has 0 aromatic carbocycles. The molecule has 17 heavy (non-hydrogen) atoms. The van der Waals surface area contributed by atoms with Gasteiger partial charge in [0.15, 0.2) is 0 Å². The molecule has 1 aromatic rings. The van der Waals surface area contributed by atoms with E-state index in [1.807, 2.05) is 24.6 Å². The molecule has 1 aliphatic heterocycles. The van der Waals surface area contributed by atoms with Crippen molar-refractivity contribution in [2.24, 2.45) is 11.8 Å². The summed E-state index contributed by atoms with van der Waals surface area (Å²) in [5, 5.41) is 9.03. The first kappa shape index (κ1) is 11.6. The molecule has 0 saturated carbocycles. The molecular formula is C12H16N4O.